The van der Waals surface area contributed by atoms with Crippen molar-refractivity contribution in [1.82, 2.24) is 15.1 Å². The normalized spacial score (nSPS) is 22.0. The molecule has 3 nitrogen and oxygen atoms in total. The molecule has 1 N–H and O–H groups in total. The largest absolute Gasteiger partial charge is 0.314 e. The van der Waals surface area contributed by atoms with E-state index in [-0.39, 0.29) is 18.2 Å². The molecule has 1 aromatic heterocycles. The van der Waals surface area contributed by atoms with Gasteiger partial charge in [-0.2, -0.15) is 0 Å². The van der Waals surface area contributed by atoms with Crippen LogP contribution < -0.4 is 5.32 Å². The van der Waals surface area contributed by atoms with Gasteiger partial charge in [-0.05, 0) is 35.6 Å². The Labute approximate surface area is 159 Å². The van der Waals surface area contributed by atoms with Gasteiger partial charge in [-0.1, -0.05) is 12.1 Å². The van der Waals surface area contributed by atoms with Crippen molar-refractivity contribution < 1.29 is 4.39 Å². The lowest BCUT2D eigenvalue weighted by atomic mass is 10.1. The van der Waals surface area contributed by atoms with E-state index in [1.165, 1.54) is 12.0 Å². The van der Waals surface area contributed by atoms with Gasteiger partial charge in [0.1, 0.15) is 5.82 Å². The lowest BCUT2D eigenvalue weighted by Crippen LogP contribution is -2.49. The second kappa shape index (κ2) is 8.60. The Balaban J connectivity index is 0.00000182. The molecule has 1 atom stereocenters. The van der Waals surface area contributed by atoms with E-state index in [1.54, 1.807) is 17.4 Å². The molecule has 2 fully saturated rings. The van der Waals surface area contributed by atoms with Crippen molar-refractivity contribution in [3.63, 3.8) is 0 Å². The highest BCUT2D eigenvalue weighted by Gasteiger charge is 2.28. The number of likely N-dealkylation sites (tertiary alicyclic amines) is 1. The maximum Gasteiger partial charge on any atom is 0.131 e. The van der Waals surface area contributed by atoms with Crippen molar-refractivity contribution >= 4 is 23.7 Å². The molecule has 2 saturated heterocycles. The number of hydrogen-bond acceptors (Lipinski definition) is 4. The highest BCUT2D eigenvalue weighted by atomic mass is 35.5. The summed E-state index contributed by atoms with van der Waals surface area (Å²) in [5.41, 5.74) is 1.95. The van der Waals surface area contributed by atoms with E-state index < -0.39 is 0 Å². The van der Waals surface area contributed by atoms with Gasteiger partial charge in [0.15, 0.2) is 0 Å². The number of nitrogens with one attached hydrogen (secondary N) is 1. The third-order valence-corrected chi connectivity index (χ3v) is 6.04. The van der Waals surface area contributed by atoms with E-state index in [0.717, 1.165) is 56.3 Å². The van der Waals surface area contributed by atoms with Crippen LogP contribution in [0.25, 0.3) is 10.4 Å². The Morgan fingerprint density at radius 2 is 2.00 bits per heavy atom. The Hall–Kier alpha value is -0.980. The lowest BCUT2D eigenvalue weighted by Gasteiger charge is -2.32. The first-order valence-electron chi connectivity index (χ1n) is 8.79. The highest BCUT2D eigenvalue weighted by Crippen LogP contribution is 2.29. The highest BCUT2D eigenvalue weighted by molar-refractivity contribution is 7.13. The number of thiophene rings is 1. The first-order chi connectivity index (χ1) is 11.8. The molecule has 6 heteroatoms. The van der Waals surface area contributed by atoms with Gasteiger partial charge in [-0.25, -0.2) is 4.39 Å². The first kappa shape index (κ1) is 18.8. The van der Waals surface area contributed by atoms with Crippen molar-refractivity contribution in [2.75, 3.05) is 39.3 Å². The summed E-state index contributed by atoms with van der Waals surface area (Å²) in [5, 5.41) is 5.42. The van der Waals surface area contributed by atoms with Gasteiger partial charge in [0.2, 0.25) is 0 Å². The van der Waals surface area contributed by atoms with Crippen LogP contribution in [0.3, 0.4) is 0 Å². The molecular formula is C19H25ClFN3S. The summed E-state index contributed by atoms with van der Waals surface area (Å²) in [5.74, 6) is -0.124. The van der Waals surface area contributed by atoms with Gasteiger partial charge in [0.05, 0.1) is 0 Å². The Morgan fingerprint density at radius 1 is 1.16 bits per heavy atom. The molecule has 0 saturated carbocycles. The van der Waals surface area contributed by atoms with Crippen LogP contribution in [0.4, 0.5) is 4.39 Å². The van der Waals surface area contributed by atoms with E-state index >= 15 is 0 Å². The van der Waals surface area contributed by atoms with E-state index in [9.17, 15) is 4.39 Å². The summed E-state index contributed by atoms with van der Waals surface area (Å²) in [6, 6.07) is 10.2. The van der Waals surface area contributed by atoms with Crippen molar-refractivity contribution in [3.05, 3.63) is 47.1 Å². The zero-order valence-corrected chi connectivity index (χ0v) is 15.9. The maximum atomic E-state index is 14.1. The number of hydrogen-bond donors (Lipinski definition) is 1. The second-order valence-corrected chi connectivity index (χ2v) is 7.70. The van der Waals surface area contributed by atoms with Gasteiger partial charge in [0, 0.05) is 62.3 Å². The summed E-state index contributed by atoms with van der Waals surface area (Å²) in [7, 11) is 0. The molecule has 2 aliphatic heterocycles. The third-order valence-electron chi connectivity index (χ3n) is 5.14. The summed E-state index contributed by atoms with van der Waals surface area (Å²) in [6.07, 6.45) is 1.25. The van der Waals surface area contributed by atoms with Crippen molar-refractivity contribution in [1.29, 1.82) is 0 Å². The van der Waals surface area contributed by atoms with Gasteiger partial charge < -0.3 is 5.32 Å². The molecule has 2 aromatic rings. The van der Waals surface area contributed by atoms with Crippen LogP contribution in [-0.2, 0) is 6.54 Å². The Kier molecular flexibility index (Phi) is 6.47. The van der Waals surface area contributed by atoms with E-state index in [1.807, 2.05) is 29.6 Å². The van der Waals surface area contributed by atoms with Gasteiger partial charge in [0.25, 0.3) is 0 Å². The van der Waals surface area contributed by atoms with Crippen LogP contribution in [0.1, 0.15) is 12.0 Å². The van der Waals surface area contributed by atoms with E-state index in [2.05, 4.69) is 15.1 Å². The van der Waals surface area contributed by atoms with Gasteiger partial charge in [-0.3, -0.25) is 9.80 Å². The summed E-state index contributed by atoms with van der Waals surface area (Å²) in [6.45, 7) is 7.74. The fraction of sp³-hybridized carbons (Fsp3) is 0.474. The van der Waals surface area contributed by atoms with Crippen LogP contribution in [-0.4, -0.2) is 55.1 Å². The molecule has 2 aliphatic rings. The SMILES string of the molecule is Cl.Fc1ccc(CN2CCC(N3CCNCC3)C2)cc1-c1cccs1. The molecule has 136 valence electrons. The van der Waals surface area contributed by atoms with Crippen LogP contribution in [0.2, 0.25) is 0 Å². The molecule has 1 unspecified atom stereocenters. The molecule has 0 bridgehead atoms. The number of nitrogens with zero attached hydrogens (tertiary/aromatic N) is 2. The minimum absolute atomic E-state index is 0. The fourth-order valence-corrected chi connectivity index (χ4v) is 4.60. The molecule has 0 radical (unpaired) electrons. The topological polar surface area (TPSA) is 18.5 Å². The zero-order valence-electron chi connectivity index (χ0n) is 14.3. The smallest absolute Gasteiger partial charge is 0.131 e. The molecule has 0 amide bonds. The monoisotopic (exact) mass is 381 g/mol. The minimum Gasteiger partial charge on any atom is -0.314 e. The Bertz CT molecular complexity index is 673. The molecule has 1 aromatic carbocycles. The molecule has 3 heterocycles. The first-order valence-corrected chi connectivity index (χ1v) is 9.67. The van der Waals surface area contributed by atoms with Crippen molar-refractivity contribution in [3.8, 4) is 10.4 Å². The number of halogens is 2. The second-order valence-electron chi connectivity index (χ2n) is 6.76. The fourth-order valence-electron chi connectivity index (χ4n) is 3.85. The van der Waals surface area contributed by atoms with Crippen molar-refractivity contribution in [2.45, 2.75) is 19.0 Å². The summed E-state index contributed by atoms with van der Waals surface area (Å²) in [4.78, 5) is 6.14. The average Bonchev–Trinajstić information content (AvgIpc) is 3.29. The molecule has 4 rings (SSSR count). The van der Waals surface area contributed by atoms with Crippen molar-refractivity contribution in [2.24, 2.45) is 0 Å². The van der Waals surface area contributed by atoms with E-state index in [0.29, 0.717) is 6.04 Å². The number of piperazine rings is 1. The summed E-state index contributed by atoms with van der Waals surface area (Å²) < 4.78 is 14.1. The third kappa shape index (κ3) is 4.41. The van der Waals surface area contributed by atoms with Crippen LogP contribution >= 0.6 is 23.7 Å². The van der Waals surface area contributed by atoms with Crippen LogP contribution in [0.15, 0.2) is 35.7 Å². The zero-order chi connectivity index (χ0) is 16.4. The maximum absolute atomic E-state index is 14.1. The molecule has 25 heavy (non-hydrogen) atoms. The predicted molar refractivity (Wildman–Crippen MR) is 105 cm³/mol. The number of rotatable bonds is 4. The summed E-state index contributed by atoms with van der Waals surface area (Å²) >= 11 is 1.59. The Morgan fingerprint density at radius 3 is 2.76 bits per heavy atom. The van der Waals surface area contributed by atoms with Gasteiger partial charge in [-0.15, -0.1) is 23.7 Å². The minimum atomic E-state index is -0.124. The molecule has 0 spiro atoms. The van der Waals surface area contributed by atoms with E-state index in [4.69, 9.17) is 0 Å². The quantitative estimate of drug-likeness (QED) is 0.875. The number of benzene rings is 1. The van der Waals surface area contributed by atoms with Gasteiger partial charge >= 0.3 is 0 Å². The standard InChI is InChI=1S/C19H24FN3S.ClH/c20-18-4-3-15(12-17(18)19-2-1-11-24-19)13-22-8-5-16(14-22)23-9-6-21-7-10-23;/h1-4,11-12,16,21H,5-10,13-14H2;1H. The molecular weight excluding hydrogens is 357 g/mol. The average molecular weight is 382 g/mol. The predicted octanol–water partition coefficient (Wildman–Crippen LogP) is 3.46. The lowest BCUT2D eigenvalue weighted by molar-refractivity contribution is 0.170. The van der Waals surface area contributed by atoms with Crippen LogP contribution in [0.5, 0.6) is 0 Å². The molecule has 0 aliphatic carbocycles. The van der Waals surface area contributed by atoms with Crippen LogP contribution in [0, 0.1) is 5.82 Å².